The molecule has 0 aliphatic heterocycles. The van der Waals surface area contributed by atoms with Gasteiger partial charge in [0, 0.05) is 29.6 Å². The molecule has 0 bridgehead atoms. The Morgan fingerprint density at radius 1 is 1.19 bits per heavy atom. The number of carbonyl (C=O) groups is 1. The van der Waals surface area contributed by atoms with Crippen LogP contribution in [0.5, 0.6) is 0 Å². The van der Waals surface area contributed by atoms with E-state index >= 15 is 0 Å². The van der Waals surface area contributed by atoms with E-state index in [9.17, 15) is 9.59 Å². The first kappa shape index (κ1) is 22.5. The molecular formula is C23H21ClN4O2S2. The maximum absolute atomic E-state index is 13.4. The summed E-state index contributed by atoms with van der Waals surface area (Å²) >= 11 is 9.21. The molecule has 2 aromatic carbocycles. The highest BCUT2D eigenvalue weighted by molar-refractivity contribution is 7.98. The normalized spacial score (nSPS) is 11.1. The zero-order valence-electron chi connectivity index (χ0n) is 17.8. The van der Waals surface area contributed by atoms with Crippen LogP contribution in [0.1, 0.15) is 25.1 Å². The average Bonchev–Trinajstić information content (AvgIpc) is 3.23. The molecule has 0 atom stereocenters. The van der Waals surface area contributed by atoms with Gasteiger partial charge in [0.05, 0.1) is 22.3 Å². The summed E-state index contributed by atoms with van der Waals surface area (Å²) < 4.78 is 1.62. The van der Waals surface area contributed by atoms with Gasteiger partial charge in [-0.2, -0.15) is 0 Å². The number of hydrogen-bond acceptors (Lipinski definition) is 6. The average molecular weight is 485 g/mol. The van der Waals surface area contributed by atoms with Gasteiger partial charge in [-0.3, -0.25) is 19.1 Å². The number of para-hydroxylation sites is 1. The monoisotopic (exact) mass is 484 g/mol. The van der Waals surface area contributed by atoms with E-state index in [-0.39, 0.29) is 11.5 Å². The van der Waals surface area contributed by atoms with Gasteiger partial charge in [-0.25, -0.2) is 9.97 Å². The minimum atomic E-state index is -0.142. The van der Waals surface area contributed by atoms with Crippen molar-refractivity contribution in [3.8, 4) is 5.69 Å². The number of fused-ring (bicyclic) bond motifs is 1. The van der Waals surface area contributed by atoms with Crippen molar-refractivity contribution in [2.75, 3.05) is 11.4 Å². The summed E-state index contributed by atoms with van der Waals surface area (Å²) in [6.45, 7) is 5.91. The zero-order valence-corrected chi connectivity index (χ0v) is 20.2. The summed E-state index contributed by atoms with van der Waals surface area (Å²) in [5.41, 5.74) is 2.84. The molecule has 9 heteroatoms. The Hall–Kier alpha value is -2.68. The number of benzene rings is 2. The Bertz CT molecular complexity index is 1370. The van der Waals surface area contributed by atoms with E-state index in [1.54, 1.807) is 21.6 Å². The summed E-state index contributed by atoms with van der Waals surface area (Å²) in [5, 5.41) is 4.30. The van der Waals surface area contributed by atoms with E-state index in [2.05, 4.69) is 4.98 Å². The molecule has 4 aromatic rings. The van der Waals surface area contributed by atoms with Crippen LogP contribution in [0.2, 0.25) is 5.02 Å². The third kappa shape index (κ3) is 4.30. The van der Waals surface area contributed by atoms with Crippen molar-refractivity contribution in [2.45, 2.75) is 31.7 Å². The molecule has 0 saturated heterocycles. The quantitative estimate of drug-likeness (QED) is 0.268. The summed E-state index contributed by atoms with van der Waals surface area (Å²) in [6.07, 6.45) is 0. The molecule has 0 aliphatic rings. The van der Waals surface area contributed by atoms with Crippen molar-refractivity contribution in [1.29, 1.82) is 0 Å². The van der Waals surface area contributed by atoms with Crippen LogP contribution in [0.3, 0.4) is 0 Å². The SMILES string of the molecule is CCN(C(C)=O)c1nc(CSc2nc3ccccc3c(=O)n2-c2cccc(Cl)c2C)cs1. The highest BCUT2D eigenvalue weighted by Gasteiger charge is 2.18. The summed E-state index contributed by atoms with van der Waals surface area (Å²) in [7, 11) is 0. The predicted octanol–water partition coefficient (Wildman–Crippen LogP) is 5.47. The number of rotatable bonds is 6. The Balaban J connectivity index is 1.76. The fraction of sp³-hybridized carbons (Fsp3) is 0.217. The third-order valence-corrected chi connectivity index (χ3v) is 7.33. The molecule has 2 heterocycles. The first-order valence-electron chi connectivity index (χ1n) is 10.0. The second-order valence-electron chi connectivity index (χ2n) is 7.11. The molecule has 32 heavy (non-hydrogen) atoms. The minimum Gasteiger partial charge on any atom is -0.289 e. The summed E-state index contributed by atoms with van der Waals surface area (Å²) in [5.74, 6) is 0.471. The lowest BCUT2D eigenvalue weighted by molar-refractivity contribution is -0.116. The zero-order chi connectivity index (χ0) is 22.8. The number of amides is 1. The molecule has 4 rings (SSSR count). The lowest BCUT2D eigenvalue weighted by atomic mass is 10.2. The smallest absolute Gasteiger partial charge is 0.266 e. The molecule has 1 amide bonds. The van der Waals surface area contributed by atoms with E-state index in [1.807, 2.05) is 49.6 Å². The molecule has 0 saturated carbocycles. The largest absolute Gasteiger partial charge is 0.289 e. The highest BCUT2D eigenvalue weighted by Crippen LogP contribution is 2.30. The number of nitrogens with zero attached hydrogens (tertiary/aromatic N) is 4. The Morgan fingerprint density at radius 3 is 2.72 bits per heavy atom. The fourth-order valence-corrected chi connectivity index (χ4v) is 5.48. The molecule has 0 N–H and O–H groups in total. The molecule has 6 nitrogen and oxygen atoms in total. The van der Waals surface area contributed by atoms with Crippen LogP contribution in [-0.4, -0.2) is 27.0 Å². The first-order chi connectivity index (χ1) is 15.4. The third-order valence-electron chi connectivity index (χ3n) is 5.04. The molecule has 164 valence electrons. The number of carbonyl (C=O) groups excluding carboxylic acids is 1. The standard InChI is InChI=1S/C23H21ClN4O2S2/c1-4-27(15(3)29)22-25-16(12-31-22)13-32-23-26-19-10-6-5-8-17(19)21(30)28(23)20-11-7-9-18(24)14(20)2/h5-12H,4,13H2,1-3H3. The van der Waals surface area contributed by atoms with E-state index in [0.29, 0.717) is 44.2 Å². The van der Waals surface area contributed by atoms with Crippen molar-refractivity contribution < 1.29 is 4.79 Å². The van der Waals surface area contributed by atoms with Gasteiger partial charge in [0.1, 0.15) is 0 Å². The van der Waals surface area contributed by atoms with Gasteiger partial charge >= 0.3 is 0 Å². The number of halogens is 1. The van der Waals surface area contributed by atoms with Gasteiger partial charge in [0.15, 0.2) is 10.3 Å². The highest BCUT2D eigenvalue weighted by atomic mass is 35.5. The fourth-order valence-electron chi connectivity index (χ4n) is 3.38. The van der Waals surface area contributed by atoms with Crippen molar-refractivity contribution in [2.24, 2.45) is 0 Å². The van der Waals surface area contributed by atoms with Gasteiger partial charge in [0.2, 0.25) is 5.91 Å². The van der Waals surface area contributed by atoms with Crippen LogP contribution >= 0.6 is 34.7 Å². The summed E-state index contributed by atoms with van der Waals surface area (Å²) in [4.78, 5) is 36.3. The minimum absolute atomic E-state index is 0.0393. The van der Waals surface area contributed by atoms with Gasteiger partial charge in [0.25, 0.3) is 5.56 Å². The molecule has 0 spiro atoms. The van der Waals surface area contributed by atoms with Crippen LogP contribution in [0.25, 0.3) is 16.6 Å². The van der Waals surface area contributed by atoms with E-state index in [0.717, 1.165) is 11.3 Å². The number of aromatic nitrogens is 3. The van der Waals surface area contributed by atoms with E-state index < -0.39 is 0 Å². The molecule has 2 aromatic heterocycles. The van der Waals surface area contributed by atoms with Crippen molar-refractivity contribution in [3.05, 3.63) is 74.5 Å². The maximum atomic E-state index is 13.4. The van der Waals surface area contributed by atoms with Crippen molar-refractivity contribution in [1.82, 2.24) is 14.5 Å². The number of hydrogen-bond donors (Lipinski definition) is 0. The van der Waals surface area contributed by atoms with E-state index in [4.69, 9.17) is 16.6 Å². The second-order valence-corrected chi connectivity index (χ2v) is 9.30. The van der Waals surface area contributed by atoms with Crippen LogP contribution < -0.4 is 10.5 Å². The van der Waals surface area contributed by atoms with Crippen LogP contribution in [-0.2, 0) is 10.5 Å². The van der Waals surface area contributed by atoms with Crippen LogP contribution in [0.15, 0.2) is 57.8 Å². The van der Waals surface area contributed by atoms with Crippen LogP contribution in [0.4, 0.5) is 5.13 Å². The predicted molar refractivity (Wildman–Crippen MR) is 132 cm³/mol. The van der Waals surface area contributed by atoms with Gasteiger partial charge < -0.3 is 0 Å². The molecule has 0 radical (unpaired) electrons. The topological polar surface area (TPSA) is 68.1 Å². The Morgan fingerprint density at radius 2 is 1.97 bits per heavy atom. The van der Waals surface area contributed by atoms with E-state index in [1.165, 1.54) is 30.0 Å². The van der Waals surface area contributed by atoms with Gasteiger partial charge in [-0.1, -0.05) is 41.6 Å². The number of anilines is 1. The Kier molecular flexibility index (Phi) is 6.64. The number of thioether (sulfide) groups is 1. The van der Waals surface area contributed by atoms with Crippen LogP contribution in [0, 0.1) is 6.92 Å². The Labute approximate surface area is 198 Å². The number of thiazole rings is 1. The van der Waals surface area contributed by atoms with Gasteiger partial charge in [-0.15, -0.1) is 11.3 Å². The molecular weight excluding hydrogens is 464 g/mol. The molecule has 0 fully saturated rings. The molecule has 0 aliphatic carbocycles. The second kappa shape index (κ2) is 9.44. The maximum Gasteiger partial charge on any atom is 0.266 e. The van der Waals surface area contributed by atoms with Gasteiger partial charge in [-0.05, 0) is 43.7 Å². The first-order valence-corrected chi connectivity index (χ1v) is 12.3. The molecule has 0 unspecified atom stereocenters. The van der Waals surface area contributed by atoms with Crippen molar-refractivity contribution in [3.63, 3.8) is 0 Å². The van der Waals surface area contributed by atoms with Crippen molar-refractivity contribution >= 4 is 56.6 Å². The summed E-state index contributed by atoms with van der Waals surface area (Å²) in [6, 6.07) is 12.8. The lowest BCUT2D eigenvalue weighted by Crippen LogP contribution is -2.27. The lowest BCUT2D eigenvalue weighted by Gasteiger charge is -2.16.